The number of methoxy groups -OCH3 is 3. The first-order valence-electron chi connectivity index (χ1n) is 7.99. The molecule has 26 heavy (non-hydrogen) atoms. The number of hydrogen-bond acceptors (Lipinski definition) is 6. The molecule has 0 bridgehead atoms. The Kier molecular flexibility index (Phi) is 6.84. The van der Waals surface area contributed by atoms with Gasteiger partial charge in [-0.05, 0) is 48.9 Å². The van der Waals surface area contributed by atoms with Gasteiger partial charge in [-0.2, -0.15) is 5.10 Å². The summed E-state index contributed by atoms with van der Waals surface area (Å²) in [6, 6.07) is 10.3. The van der Waals surface area contributed by atoms with E-state index in [1.54, 1.807) is 50.6 Å². The van der Waals surface area contributed by atoms with Crippen LogP contribution in [-0.4, -0.2) is 40.1 Å². The zero-order valence-electron chi connectivity index (χ0n) is 15.2. The third-order valence-electron chi connectivity index (χ3n) is 3.51. The second-order valence-electron chi connectivity index (χ2n) is 5.11. The number of amides is 1. The van der Waals surface area contributed by atoms with E-state index in [0.717, 1.165) is 5.56 Å². The molecular formula is C19H22N2O5. The lowest BCUT2D eigenvalue weighted by molar-refractivity contribution is 0.0954. The topological polar surface area (TPSA) is 78.4 Å². The van der Waals surface area contributed by atoms with Gasteiger partial charge in [0.25, 0.3) is 5.91 Å². The van der Waals surface area contributed by atoms with Gasteiger partial charge in [0.1, 0.15) is 0 Å². The fourth-order valence-corrected chi connectivity index (χ4v) is 2.25. The van der Waals surface area contributed by atoms with Crippen LogP contribution in [0.3, 0.4) is 0 Å². The highest BCUT2D eigenvalue weighted by Crippen LogP contribution is 2.28. The summed E-state index contributed by atoms with van der Waals surface area (Å²) in [5.41, 5.74) is 3.65. The van der Waals surface area contributed by atoms with Crippen molar-refractivity contribution in [3.8, 4) is 23.0 Å². The highest BCUT2D eigenvalue weighted by atomic mass is 16.5. The molecule has 1 amide bonds. The summed E-state index contributed by atoms with van der Waals surface area (Å²) in [5.74, 6) is 1.92. The largest absolute Gasteiger partial charge is 0.493 e. The average Bonchev–Trinajstić information content (AvgIpc) is 2.68. The number of nitrogens with zero attached hydrogens (tertiary/aromatic N) is 1. The predicted octanol–water partition coefficient (Wildman–Crippen LogP) is 2.88. The summed E-state index contributed by atoms with van der Waals surface area (Å²) in [6.07, 6.45) is 1.52. The number of rotatable bonds is 8. The van der Waals surface area contributed by atoms with Gasteiger partial charge in [0.05, 0.1) is 34.2 Å². The summed E-state index contributed by atoms with van der Waals surface area (Å²) < 4.78 is 21.1. The first kappa shape index (κ1) is 19.1. The molecule has 0 saturated heterocycles. The van der Waals surface area contributed by atoms with Crippen molar-refractivity contribution in [2.24, 2.45) is 5.10 Å². The van der Waals surface area contributed by atoms with Crippen molar-refractivity contribution in [2.75, 3.05) is 27.9 Å². The van der Waals surface area contributed by atoms with Gasteiger partial charge in [0.15, 0.2) is 23.0 Å². The fraction of sp³-hybridized carbons (Fsp3) is 0.263. The third-order valence-corrected chi connectivity index (χ3v) is 3.51. The van der Waals surface area contributed by atoms with Gasteiger partial charge in [-0.3, -0.25) is 4.79 Å². The fourth-order valence-electron chi connectivity index (χ4n) is 2.25. The van der Waals surface area contributed by atoms with Crippen LogP contribution in [0.4, 0.5) is 0 Å². The number of carbonyl (C=O) groups excluding carboxylic acids is 1. The standard InChI is InChI=1S/C19H22N2O5/c1-5-26-16-9-7-14(11-18(16)25-4)19(22)21-20-12-13-6-8-15(23-2)17(10-13)24-3/h6-12H,5H2,1-4H3,(H,21,22)/b20-12+. The smallest absolute Gasteiger partial charge is 0.271 e. The molecule has 0 fully saturated rings. The molecule has 0 aliphatic carbocycles. The second-order valence-corrected chi connectivity index (χ2v) is 5.11. The molecule has 0 heterocycles. The first-order valence-corrected chi connectivity index (χ1v) is 7.99. The average molecular weight is 358 g/mol. The Bertz CT molecular complexity index is 789. The maximum atomic E-state index is 12.2. The molecule has 0 aliphatic heterocycles. The number of hydrazone groups is 1. The van der Waals surface area contributed by atoms with Gasteiger partial charge in [0, 0.05) is 5.56 Å². The Morgan fingerprint density at radius 3 is 2.27 bits per heavy atom. The minimum atomic E-state index is -0.358. The van der Waals surface area contributed by atoms with E-state index in [4.69, 9.17) is 18.9 Å². The summed E-state index contributed by atoms with van der Waals surface area (Å²) in [6.45, 7) is 2.39. The van der Waals surface area contributed by atoms with E-state index in [0.29, 0.717) is 35.2 Å². The lowest BCUT2D eigenvalue weighted by Gasteiger charge is -2.10. The van der Waals surface area contributed by atoms with E-state index in [1.807, 2.05) is 6.92 Å². The van der Waals surface area contributed by atoms with Crippen molar-refractivity contribution >= 4 is 12.1 Å². The molecule has 7 nitrogen and oxygen atoms in total. The summed E-state index contributed by atoms with van der Waals surface area (Å²) >= 11 is 0. The molecule has 0 aliphatic rings. The van der Waals surface area contributed by atoms with E-state index < -0.39 is 0 Å². The van der Waals surface area contributed by atoms with Crippen molar-refractivity contribution in [1.29, 1.82) is 0 Å². The van der Waals surface area contributed by atoms with E-state index in [2.05, 4.69) is 10.5 Å². The van der Waals surface area contributed by atoms with Crippen molar-refractivity contribution in [3.05, 3.63) is 47.5 Å². The van der Waals surface area contributed by atoms with Gasteiger partial charge >= 0.3 is 0 Å². The van der Waals surface area contributed by atoms with E-state index >= 15 is 0 Å². The van der Waals surface area contributed by atoms with Crippen LogP contribution in [0, 0.1) is 0 Å². The number of carbonyl (C=O) groups is 1. The number of nitrogens with one attached hydrogen (secondary N) is 1. The normalized spacial score (nSPS) is 10.5. The molecule has 0 radical (unpaired) electrons. The molecule has 0 spiro atoms. The number of benzene rings is 2. The van der Waals surface area contributed by atoms with Crippen molar-refractivity contribution < 1.29 is 23.7 Å². The van der Waals surface area contributed by atoms with E-state index in [9.17, 15) is 4.79 Å². The van der Waals surface area contributed by atoms with Crippen LogP contribution in [0.1, 0.15) is 22.8 Å². The van der Waals surface area contributed by atoms with Crippen molar-refractivity contribution in [2.45, 2.75) is 6.92 Å². The van der Waals surface area contributed by atoms with Crippen LogP contribution < -0.4 is 24.4 Å². The SMILES string of the molecule is CCOc1ccc(C(=O)N/N=C/c2ccc(OC)c(OC)c2)cc1OC. The first-order chi connectivity index (χ1) is 12.6. The van der Waals surface area contributed by atoms with Crippen LogP contribution in [0.25, 0.3) is 0 Å². The molecule has 0 aromatic heterocycles. The lowest BCUT2D eigenvalue weighted by atomic mass is 10.2. The minimum absolute atomic E-state index is 0.358. The predicted molar refractivity (Wildman–Crippen MR) is 98.8 cm³/mol. The third kappa shape index (κ3) is 4.66. The number of ether oxygens (including phenoxy) is 4. The van der Waals surface area contributed by atoms with Crippen LogP contribution in [0.5, 0.6) is 23.0 Å². The molecule has 1 N–H and O–H groups in total. The highest BCUT2D eigenvalue weighted by molar-refractivity contribution is 5.95. The molecule has 7 heteroatoms. The van der Waals surface area contributed by atoms with Gasteiger partial charge in [-0.15, -0.1) is 0 Å². The zero-order chi connectivity index (χ0) is 18.9. The van der Waals surface area contributed by atoms with Crippen molar-refractivity contribution in [1.82, 2.24) is 5.43 Å². The van der Waals surface area contributed by atoms with Crippen LogP contribution >= 0.6 is 0 Å². The summed E-state index contributed by atoms with van der Waals surface area (Å²) in [7, 11) is 4.64. The van der Waals surface area contributed by atoms with Crippen molar-refractivity contribution in [3.63, 3.8) is 0 Å². The van der Waals surface area contributed by atoms with Gasteiger partial charge < -0.3 is 18.9 Å². The molecule has 0 saturated carbocycles. The summed E-state index contributed by atoms with van der Waals surface area (Å²) in [4.78, 5) is 12.2. The van der Waals surface area contributed by atoms with Gasteiger partial charge in [-0.1, -0.05) is 0 Å². The van der Waals surface area contributed by atoms with Crippen LogP contribution in [0.2, 0.25) is 0 Å². The second kappa shape index (κ2) is 9.31. The number of hydrogen-bond donors (Lipinski definition) is 1. The van der Waals surface area contributed by atoms with E-state index in [-0.39, 0.29) is 5.91 Å². The molecule has 2 aromatic rings. The maximum absolute atomic E-state index is 12.2. The molecule has 0 atom stereocenters. The zero-order valence-corrected chi connectivity index (χ0v) is 15.2. The Labute approximate surface area is 152 Å². The van der Waals surface area contributed by atoms with Crippen LogP contribution in [0.15, 0.2) is 41.5 Å². The Balaban J connectivity index is 2.07. The quantitative estimate of drug-likeness (QED) is 0.580. The minimum Gasteiger partial charge on any atom is -0.493 e. The van der Waals surface area contributed by atoms with Gasteiger partial charge in [0.2, 0.25) is 0 Å². The molecule has 138 valence electrons. The maximum Gasteiger partial charge on any atom is 0.271 e. The monoisotopic (exact) mass is 358 g/mol. The van der Waals surface area contributed by atoms with Gasteiger partial charge in [-0.25, -0.2) is 5.43 Å². The Morgan fingerprint density at radius 2 is 1.62 bits per heavy atom. The molecule has 2 rings (SSSR count). The highest BCUT2D eigenvalue weighted by Gasteiger charge is 2.10. The Morgan fingerprint density at radius 1 is 0.962 bits per heavy atom. The summed E-state index contributed by atoms with van der Waals surface area (Å²) in [5, 5.41) is 3.97. The van der Waals surface area contributed by atoms with E-state index in [1.165, 1.54) is 13.3 Å². The molecule has 0 unspecified atom stereocenters. The lowest BCUT2D eigenvalue weighted by Crippen LogP contribution is -2.17. The Hall–Kier alpha value is -3.22. The van der Waals surface area contributed by atoms with Crippen LogP contribution in [-0.2, 0) is 0 Å². The molecular weight excluding hydrogens is 336 g/mol. The molecule has 2 aromatic carbocycles.